The van der Waals surface area contributed by atoms with Crippen molar-refractivity contribution in [2.75, 3.05) is 34.1 Å². The van der Waals surface area contributed by atoms with Crippen molar-refractivity contribution in [2.24, 2.45) is 0 Å². The van der Waals surface area contributed by atoms with Gasteiger partial charge in [-0.3, -0.25) is 0 Å². The van der Waals surface area contributed by atoms with Crippen molar-refractivity contribution in [2.45, 2.75) is 40.0 Å². The van der Waals surface area contributed by atoms with E-state index >= 15 is 0 Å². The van der Waals surface area contributed by atoms with Gasteiger partial charge in [-0.1, -0.05) is 32.6 Å². The minimum absolute atomic E-state index is 0.160. The number of hydrogen-bond donors (Lipinski definition) is 2. The van der Waals surface area contributed by atoms with Gasteiger partial charge in [-0.05, 0) is 26.4 Å². The van der Waals surface area contributed by atoms with Crippen molar-refractivity contribution >= 4 is 0 Å². The van der Waals surface area contributed by atoms with Gasteiger partial charge in [0, 0.05) is 25.2 Å². The van der Waals surface area contributed by atoms with E-state index in [2.05, 4.69) is 24.1 Å². The molecular formula is C19H31NO4. The largest absolute Gasteiger partial charge is 0.495 e. The molecule has 24 heavy (non-hydrogen) atoms. The first-order valence-corrected chi connectivity index (χ1v) is 8.48. The van der Waals surface area contributed by atoms with Crippen LogP contribution in [0.25, 0.3) is 0 Å². The average molecular weight is 337 g/mol. The van der Waals surface area contributed by atoms with E-state index in [4.69, 9.17) is 19.3 Å². The summed E-state index contributed by atoms with van der Waals surface area (Å²) in [6.07, 6.45) is 2.57. The number of rotatable bonds is 5. The second-order valence-corrected chi connectivity index (χ2v) is 4.64. The number of fused-ring (bicyclic) bond motifs is 1. The lowest BCUT2D eigenvalue weighted by molar-refractivity contribution is 0.174. The zero-order chi connectivity index (χ0) is 18.2. The van der Waals surface area contributed by atoms with Crippen molar-refractivity contribution in [3.05, 3.63) is 17.7 Å². The quantitative estimate of drug-likeness (QED) is 0.638. The number of benzene rings is 1. The van der Waals surface area contributed by atoms with Crippen LogP contribution in [0.5, 0.6) is 17.2 Å². The third kappa shape index (κ3) is 8.09. The Hall–Kier alpha value is -1.90. The number of ether oxygens (including phenoxy) is 3. The third-order valence-electron chi connectivity index (χ3n) is 2.88. The molecule has 0 atom stereocenters. The highest BCUT2D eigenvalue weighted by Gasteiger charge is 2.16. The van der Waals surface area contributed by atoms with Crippen LogP contribution in [0.1, 0.15) is 45.6 Å². The van der Waals surface area contributed by atoms with Crippen molar-refractivity contribution < 1.29 is 19.3 Å². The minimum Gasteiger partial charge on any atom is -0.495 e. The standard InChI is InChI=1S/C13H14O4.C4H11N.C2H6/c1-15-11-8-13-12(16-9-17-13)7-10(11)5-3-2-4-6-14;1-3-4-5-2;1-2/h7-8,14H,2,4,6,9H2,1H3;5H,3-4H2,1-2H3;1-2H3. The van der Waals surface area contributed by atoms with Gasteiger partial charge in [0.25, 0.3) is 0 Å². The number of aliphatic hydroxyl groups is 1. The SMILES string of the molecule is CC.CCCNC.COc1cc2c(cc1C#CCCCO)OCO2. The highest BCUT2D eigenvalue weighted by atomic mass is 16.7. The van der Waals surface area contributed by atoms with Gasteiger partial charge >= 0.3 is 0 Å². The lowest BCUT2D eigenvalue weighted by Gasteiger charge is -2.04. The molecule has 5 nitrogen and oxygen atoms in total. The molecule has 1 heterocycles. The van der Waals surface area contributed by atoms with E-state index in [1.807, 2.05) is 27.0 Å². The van der Waals surface area contributed by atoms with E-state index < -0.39 is 0 Å². The first kappa shape index (κ1) is 22.1. The third-order valence-corrected chi connectivity index (χ3v) is 2.88. The van der Waals surface area contributed by atoms with Gasteiger partial charge < -0.3 is 24.6 Å². The van der Waals surface area contributed by atoms with Gasteiger partial charge in [-0.25, -0.2) is 0 Å². The van der Waals surface area contributed by atoms with Crippen LogP contribution in [-0.2, 0) is 0 Å². The van der Waals surface area contributed by atoms with Crippen LogP contribution >= 0.6 is 0 Å². The van der Waals surface area contributed by atoms with E-state index in [0.717, 1.165) is 12.1 Å². The summed E-state index contributed by atoms with van der Waals surface area (Å²) >= 11 is 0. The molecular weight excluding hydrogens is 306 g/mol. The number of aliphatic hydroxyl groups excluding tert-OH is 1. The fourth-order valence-electron chi connectivity index (χ4n) is 1.77. The van der Waals surface area contributed by atoms with Crippen molar-refractivity contribution in [1.82, 2.24) is 5.32 Å². The molecule has 136 valence electrons. The van der Waals surface area contributed by atoms with Crippen LogP contribution in [-0.4, -0.2) is 39.2 Å². The molecule has 1 aromatic rings. The lowest BCUT2D eigenvalue weighted by Crippen LogP contribution is -2.04. The summed E-state index contributed by atoms with van der Waals surface area (Å²) < 4.78 is 15.8. The van der Waals surface area contributed by atoms with E-state index in [9.17, 15) is 0 Å². The Morgan fingerprint density at radius 2 is 1.92 bits per heavy atom. The Kier molecular flexibility index (Phi) is 13.5. The first-order valence-electron chi connectivity index (χ1n) is 8.48. The molecule has 1 aliphatic rings. The maximum absolute atomic E-state index is 8.66. The maximum Gasteiger partial charge on any atom is 0.231 e. The van der Waals surface area contributed by atoms with Crippen molar-refractivity contribution in [3.63, 3.8) is 0 Å². The van der Waals surface area contributed by atoms with Crippen LogP contribution in [0.15, 0.2) is 12.1 Å². The highest BCUT2D eigenvalue weighted by molar-refractivity contribution is 5.57. The van der Waals surface area contributed by atoms with Crippen molar-refractivity contribution in [1.29, 1.82) is 0 Å². The smallest absolute Gasteiger partial charge is 0.231 e. The molecule has 1 aromatic carbocycles. The normalized spacial score (nSPS) is 10.4. The predicted molar refractivity (Wildman–Crippen MR) is 97.9 cm³/mol. The summed E-state index contributed by atoms with van der Waals surface area (Å²) in [4.78, 5) is 0. The molecule has 0 bridgehead atoms. The Bertz CT molecular complexity index is 504. The van der Waals surface area contributed by atoms with E-state index in [0.29, 0.717) is 30.1 Å². The minimum atomic E-state index is 0.160. The van der Waals surface area contributed by atoms with Crippen LogP contribution in [0.2, 0.25) is 0 Å². The molecule has 0 saturated carbocycles. The Morgan fingerprint density at radius 1 is 1.25 bits per heavy atom. The number of nitrogens with one attached hydrogen (secondary N) is 1. The zero-order valence-corrected chi connectivity index (χ0v) is 15.6. The summed E-state index contributed by atoms with van der Waals surface area (Å²) in [7, 11) is 3.56. The van der Waals surface area contributed by atoms with Crippen LogP contribution in [0.4, 0.5) is 0 Å². The van der Waals surface area contributed by atoms with Gasteiger partial charge in [0.05, 0.1) is 12.7 Å². The van der Waals surface area contributed by atoms with Crippen LogP contribution in [0, 0.1) is 11.8 Å². The molecule has 0 aliphatic carbocycles. The van der Waals surface area contributed by atoms with Crippen LogP contribution < -0.4 is 19.5 Å². The number of unbranched alkanes of at least 4 members (excludes halogenated alkanes) is 1. The van der Waals surface area contributed by atoms with Crippen LogP contribution in [0.3, 0.4) is 0 Å². The van der Waals surface area contributed by atoms with Gasteiger partial charge in [-0.2, -0.15) is 0 Å². The Balaban J connectivity index is 0.000000650. The predicted octanol–water partition coefficient (Wildman–Crippen LogP) is 3.19. The number of hydrogen-bond acceptors (Lipinski definition) is 5. The van der Waals surface area contributed by atoms with E-state index in [-0.39, 0.29) is 13.4 Å². The lowest BCUT2D eigenvalue weighted by atomic mass is 10.1. The zero-order valence-electron chi connectivity index (χ0n) is 15.6. The summed E-state index contributed by atoms with van der Waals surface area (Å²) in [6, 6.07) is 3.59. The monoisotopic (exact) mass is 337 g/mol. The molecule has 0 unspecified atom stereocenters. The van der Waals surface area contributed by atoms with Crippen molar-refractivity contribution in [3.8, 4) is 29.1 Å². The van der Waals surface area contributed by atoms with E-state index in [1.54, 1.807) is 13.2 Å². The highest BCUT2D eigenvalue weighted by Crippen LogP contribution is 2.37. The summed E-state index contributed by atoms with van der Waals surface area (Å²) in [5.74, 6) is 8.04. The molecule has 0 radical (unpaired) electrons. The van der Waals surface area contributed by atoms with E-state index in [1.165, 1.54) is 6.42 Å². The Labute approximate surface area is 146 Å². The van der Waals surface area contributed by atoms with Gasteiger partial charge in [0.1, 0.15) is 5.75 Å². The second kappa shape index (κ2) is 14.7. The maximum atomic E-state index is 8.66. The topological polar surface area (TPSA) is 60.0 Å². The summed E-state index contributed by atoms with van der Waals surface area (Å²) in [5, 5.41) is 11.7. The first-order chi connectivity index (χ1) is 11.8. The molecule has 1 aliphatic heterocycles. The summed E-state index contributed by atoms with van der Waals surface area (Å²) in [6.45, 7) is 7.68. The second-order valence-electron chi connectivity index (χ2n) is 4.64. The number of methoxy groups -OCH3 is 1. The molecule has 0 fully saturated rings. The fourth-order valence-corrected chi connectivity index (χ4v) is 1.77. The Morgan fingerprint density at radius 3 is 2.42 bits per heavy atom. The van der Waals surface area contributed by atoms with Gasteiger partial charge in [0.15, 0.2) is 11.5 Å². The summed E-state index contributed by atoms with van der Waals surface area (Å²) in [5.41, 5.74) is 0.773. The molecule has 0 amide bonds. The molecule has 0 aromatic heterocycles. The van der Waals surface area contributed by atoms with Gasteiger partial charge in [-0.15, -0.1) is 0 Å². The molecule has 2 rings (SSSR count). The van der Waals surface area contributed by atoms with Gasteiger partial charge in [0.2, 0.25) is 6.79 Å². The molecule has 0 saturated heterocycles. The molecule has 0 spiro atoms. The fraction of sp³-hybridized carbons (Fsp3) is 0.579. The molecule has 2 N–H and O–H groups in total. The average Bonchev–Trinajstić information content (AvgIpc) is 3.08. The molecule has 5 heteroatoms.